The van der Waals surface area contributed by atoms with Crippen molar-refractivity contribution >= 4 is 17.5 Å². The minimum Gasteiger partial charge on any atom is -0.497 e. The van der Waals surface area contributed by atoms with Crippen LogP contribution in [0.25, 0.3) is 0 Å². The summed E-state index contributed by atoms with van der Waals surface area (Å²) in [7, 11) is 1.58. The van der Waals surface area contributed by atoms with Gasteiger partial charge < -0.3 is 10.1 Å². The van der Waals surface area contributed by atoms with Crippen LogP contribution in [-0.4, -0.2) is 29.1 Å². The maximum atomic E-state index is 12.9. The Hall–Kier alpha value is -2.80. The van der Waals surface area contributed by atoms with Gasteiger partial charge in [0.15, 0.2) is 11.1 Å². The molecule has 2 aromatic carbocycles. The predicted molar refractivity (Wildman–Crippen MR) is 112 cm³/mol. The van der Waals surface area contributed by atoms with Crippen LogP contribution in [0, 0.1) is 16.0 Å². The Balaban J connectivity index is 2.13. The van der Waals surface area contributed by atoms with E-state index in [1.54, 1.807) is 43.5 Å². The number of ether oxygens (including phenoxy) is 1. The molecule has 1 N–H and O–H groups in total. The SMILES string of the molecule is COc1ccc(CNC(=O)C(CC(C)C)N(Cc2ccc(Cl)cc2)[N+](=O)[O-])cc1. The molecule has 8 heteroatoms. The third kappa shape index (κ3) is 6.94. The number of benzene rings is 2. The molecule has 0 saturated carbocycles. The first-order chi connectivity index (χ1) is 13.8. The molecule has 1 unspecified atom stereocenters. The summed E-state index contributed by atoms with van der Waals surface area (Å²) < 4.78 is 5.12. The lowest BCUT2D eigenvalue weighted by Crippen LogP contribution is -2.49. The molecule has 0 aromatic heterocycles. The summed E-state index contributed by atoms with van der Waals surface area (Å²) in [6.07, 6.45) is 0.364. The van der Waals surface area contributed by atoms with E-state index in [0.29, 0.717) is 17.0 Å². The van der Waals surface area contributed by atoms with Crippen molar-refractivity contribution in [2.45, 2.75) is 39.4 Å². The summed E-state index contributed by atoms with van der Waals surface area (Å²) in [5, 5.41) is 15.6. The largest absolute Gasteiger partial charge is 0.497 e. The number of carbonyl (C=O) groups excluding carboxylic acids is 1. The lowest BCUT2D eigenvalue weighted by atomic mass is 10.0. The molecule has 7 nitrogen and oxygen atoms in total. The van der Waals surface area contributed by atoms with Crippen molar-refractivity contribution in [3.8, 4) is 5.75 Å². The maximum Gasteiger partial charge on any atom is 0.248 e. The van der Waals surface area contributed by atoms with E-state index in [9.17, 15) is 14.9 Å². The van der Waals surface area contributed by atoms with Crippen molar-refractivity contribution in [3.05, 3.63) is 74.8 Å². The molecule has 2 aromatic rings. The van der Waals surface area contributed by atoms with E-state index >= 15 is 0 Å². The van der Waals surface area contributed by atoms with Gasteiger partial charge in [-0.05, 0) is 47.7 Å². The van der Waals surface area contributed by atoms with Crippen LogP contribution in [0.2, 0.25) is 5.02 Å². The van der Waals surface area contributed by atoms with Crippen LogP contribution in [0.15, 0.2) is 48.5 Å². The van der Waals surface area contributed by atoms with Gasteiger partial charge in [-0.3, -0.25) is 4.79 Å². The van der Waals surface area contributed by atoms with Crippen molar-refractivity contribution in [1.82, 2.24) is 10.3 Å². The number of nitrogens with one attached hydrogen (secondary N) is 1. The van der Waals surface area contributed by atoms with Crippen LogP contribution in [-0.2, 0) is 17.9 Å². The fraction of sp³-hybridized carbons (Fsp3) is 0.381. The van der Waals surface area contributed by atoms with E-state index in [1.165, 1.54) is 0 Å². The summed E-state index contributed by atoms with van der Waals surface area (Å²) in [6, 6.07) is 13.2. The van der Waals surface area contributed by atoms with E-state index in [0.717, 1.165) is 16.3 Å². The molecule has 0 saturated heterocycles. The summed E-state index contributed by atoms with van der Waals surface area (Å²) >= 11 is 5.89. The quantitative estimate of drug-likeness (QED) is 0.463. The summed E-state index contributed by atoms with van der Waals surface area (Å²) in [5.74, 6) is 0.458. The van der Waals surface area contributed by atoms with Crippen LogP contribution in [0.5, 0.6) is 5.75 Å². The van der Waals surface area contributed by atoms with E-state index in [4.69, 9.17) is 16.3 Å². The number of rotatable bonds is 10. The number of hydrazine groups is 1. The number of carbonyl (C=O) groups is 1. The average molecular weight is 420 g/mol. The van der Waals surface area contributed by atoms with Gasteiger partial charge in [0.2, 0.25) is 5.91 Å². The molecule has 0 fully saturated rings. The fourth-order valence-corrected chi connectivity index (χ4v) is 3.05. The molecule has 0 bridgehead atoms. The van der Waals surface area contributed by atoms with Crippen molar-refractivity contribution in [1.29, 1.82) is 0 Å². The van der Waals surface area contributed by atoms with Gasteiger partial charge in [-0.1, -0.05) is 49.7 Å². The lowest BCUT2D eigenvalue weighted by Gasteiger charge is -2.25. The second-order valence-corrected chi connectivity index (χ2v) is 7.61. The zero-order valence-electron chi connectivity index (χ0n) is 16.8. The molecule has 0 heterocycles. The Morgan fingerprint density at radius 1 is 1.14 bits per heavy atom. The van der Waals surface area contributed by atoms with Gasteiger partial charge >= 0.3 is 0 Å². The highest BCUT2D eigenvalue weighted by atomic mass is 35.5. The smallest absolute Gasteiger partial charge is 0.248 e. The minimum atomic E-state index is -0.890. The second-order valence-electron chi connectivity index (χ2n) is 7.17. The number of hydrogen-bond donors (Lipinski definition) is 1. The molecule has 0 spiro atoms. The Kier molecular flexibility index (Phi) is 8.27. The third-order valence-electron chi connectivity index (χ3n) is 4.45. The number of nitrogens with zero attached hydrogens (tertiary/aromatic N) is 2. The Labute approximate surface area is 175 Å². The highest BCUT2D eigenvalue weighted by Crippen LogP contribution is 2.18. The number of hydrogen-bond acceptors (Lipinski definition) is 4. The second kappa shape index (κ2) is 10.7. The van der Waals surface area contributed by atoms with Gasteiger partial charge in [0, 0.05) is 11.6 Å². The van der Waals surface area contributed by atoms with Gasteiger partial charge in [-0.15, -0.1) is 5.01 Å². The number of methoxy groups -OCH3 is 1. The van der Waals surface area contributed by atoms with E-state index in [-0.39, 0.29) is 24.9 Å². The Morgan fingerprint density at radius 2 is 1.72 bits per heavy atom. The molecule has 0 radical (unpaired) electrons. The monoisotopic (exact) mass is 419 g/mol. The fourth-order valence-electron chi connectivity index (χ4n) is 2.92. The van der Waals surface area contributed by atoms with Crippen molar-refractivity contribution in [3.63, 3.8) is 0 Å². The van der Waals surface area contributed by atoms with Crippen LogP contribution in [0.4, 0.5) is 0 Å². The zero-order valence-corrected chi connectivity index (χ0v) is 17.6. The first-order valence-corrected chi connectivity index (χ1v) is 9.74. The normalized spacial score (nSPS) is 11.8. The molecule has 1 atom stereocenters. The molecule has 2 rings (SSSR count). The molecular weight excluding hydrogens is 394 g/mol. The first kappa shape index (κ1) is 22.5. The van der Waals surface area contributed by atoms with E-state index in [1.807, 2.05) is 26.0 Å². The number of halogens is 1. The van der Waals surface area contributed by atoms with Gasteiger partial charge in [0.1, 0.15) is 12.3 Å². The Bertz CT molecular complexity index is 810. The molecule has 156 valence electrons. The topological polar surface area (TPSA) is 84.7 Å². The third-order valence-corrected chi connectivity index (χ3v) is 4.70. The van der Waals surface area contributed by atoms with Crippen LogP contribution in [0.3, 0.4) is 0 Å². The standard InChI is InChI=1S/C21H26ClN3O4/c1-15(2)12-20(21(26)23-13-16-6-10-19(29-3)11-7-16)24(25(27)28)14-17-4-8-18(22)9-5-17/h4-11,15,20H,12-14H2,1-3H3,(H,23,26). The minimum absolute atomic E-state index is 0.0114. The predicted octanol–water partition coefficient (Wildman–Crippen LogP) is 4.07. The van der Waals surface area contributed by atoms with Crippen molar-refractivity contribution in [2.75, 3.05) is 7.11 Å². The average Bonchev–Trinajstić information content (AvgIpc) is 2.70. The zero-order chi connectivity index (χ0) is 21.4. The summed E-state index contributed by atoms with van der Waals surface area (Å²) in [4.78, 5) is 24.6. The van der Waals surface area contributed by atoms with E-state index < -0.39 is 11.1 Å². The lowest BCUT2D eigenvalue weighted by molar-refractivity contribution is -0.665. The molecule has 0 aliphatic carbocycles. The highest BCUT2D eigenvalue weighted by Gasteiger charge is 2.33. The van der Waals surface area contributed by atoms with E-state index in [2.05, 4.69) is 5.32 Å². The van der Waals surface area contributed by atoms with Crippen LogP contribution >= 0.6 is 11.6 Å². The van der Waals surface area contributed by atoms with Crippen LogP contribution < -0.4 is 10.1 Å². The molecule has 29 heavy (non-hydrogen) atoms. The van der Waals surface area contributed by atoms with Gasteiger partial charge in [0.25, 0.3) is 0 Å². The van der Waals surface area contributed by atoms with Gasteiger partial charge in [-0.2, -0.15) is 0 Å². The first-order valence-electron chi connectivity index (χ1n) is 9.36. The van der Waals surface area contributed by atoms with Gasteiger partial charge in [-0.25, -0.2) is 10.1 Å². The summed E-state index contributed by atoms with van der Waals surface area (Å²) in [6.45, 7) is 4.16. The number of amides is 1. The molecule has 0 aliphatic rings. The highest BCUT2D eigenvalue weighted by molar-refractivity contribution is 6.30. The van der Waals surface area contributed by atoms with Gasteiger partial charge in [0.05, 0.1) is 7.11 Å². The maximum absolute atomic E-state index is 12.9. The molecular formula is C21H26ClN3O4. The molecule has 0 aliphatic heterocycles. The number of nitro groups is 1. The van der Waals surface area contributed by atoms with Crippen LogP contribution in [0.1, 0.15) is 31.4 Å². The molecule has 1 amide bonds. The summed E-state index contributed by atoms with van der Waals surface area (Å²) in [5.41, 5.74) is 1.59. The van der Waals surface area contributed by atoms with Crippen molar-refractivity contribution in [2.24, 2.45) is 5.92 Å². The Morgan fingerprint density at radius 3 is 2.24 bits per heavy atom. The van der Waals surface area contributed by atoms with Crippen molar-refractivity contribution < 1.29 is 14.6 Å².